The van der Waals surface area contributed by atoms with Crippen molar-refractivity contribution in [3.8, 4) is 22.8 Å². The summed E-state index contributed by atoms with van der Waals surface area (Å²) in [5.74, 6) is -0.0136. The molecule has 4 heterocycles. The summed E-state index contributed by atoms with van der Waals surface area (Å²) in [5.41, 5.74) is 4.43. The quantitative estimate of drug-likeness (QED) is 0.333. The van der Waals surface area contributed by atoms with E-state index in [9.17, 15) is 9.59 Å². The maximum atomic E-state index is 13.3. The molecule has 0 amide bonds. The van der Waals surface area contributed by atoms with Crippen LogP contribution < -0.4 is 16.5 Å². The van der Waals surface area contributed by atoms with Gasteiger partial charge in [-0.2, -0.15) is 0 Å². The van der Waals surface area contributed by atoms with Crippen LogP contribution in [0, 0.1) is 13.8 Å². The van der Waals surface area contributed by atoms with Crippen LogP contribution in [0.15, 0.2) is 61.3 Å². The second kappa shape index (κ2) is 8.59. The Bertz CT molecular complexity index is 1690. The van der Waals surface area contributed by atoms with Crippen LogP contribution >= 0.6 is 11.6 Å². The largest absolute Gasteiger partial charge is 0.455 e. The zero-order valence-electron chi connectivity index (χ0n) is 19.5. The van der Waals surface area contributed by atoms with Crippen molar-refractivity contribution in [1.82, 2.24) is 19.7 Å². The number of halogens is 1. The molecule has 1 atom stereocenters. The highest BCUT2D eigenvalue weighted by molar-refractivity contribution is 6.29. The number of H-pyrrole nitrogens is 1. The number of nitrogens with zero attached hydrogens (tertiary/aromatic N) is 3. The molecule has 5 rings (SSSR count). The van der Waals surface area contributed by atoms with Crippen molar-refractivity contribution < 1.29 is 8.94 Å². The zero-order valence-corrected chi connectivity index (χ0v) is 20.2. The van der Waals surface area contributed by atoms with Gasteiger partial charge in [-0.05, 0) is 50.6 Å². The van der Waals surface area contributed by atoms with Gasteiger partial charge >= 0.3 is 5.76 Å². The van der Waals surface area contributed by atoms with Gasteiger partial charge in [-0.25, -0.2) is 9.78 Å². The number of anilines is 1. The maximum Gasteiger partial charge on any atom is 0.439 e. The van der Waals surface area contributed by atoms with E-state index in [1.165, 1.54) is 0 Å². The topological polar surface area (TPSA) is 119 Å². The summed E-state index contributed by atoms with van der Waals surface area (Å²) in [6.45, 7) is 5.66. The van der Waals surface area contributed by atoms with Gasteiger partial charge in [0.25, 0.3) is 0 Å². The SMILES string of the molecule is Cc1cc([C@@H](C)Nc2ccc(Cl)nc2-c2noc(=O)[nH]2)c2oc(-c3ccn(C)c3)c(C)c(=O)c2c1. The van der Waals surface area contributed by atoms with Gasteiger partial charge < -0.3 is 14.3 Å². The summed E-state index contributed by atoms with van der Waals surface area (Å²) in [7, 11) is 1.92. The van der Waals surface area contributed by atoms with Crippen LogP contribution in [0.3, 0.4) is 0 Å². The smallest absolute Gasteiger partial charge is 0.439 e. The van der Waals surface area contributed by atoms with Crippen molar-refractivity contribution in [1.29, 1.82) is 0 Å². The molecule has 2 N–H and O–H groups in total. The van der Waals surface area contributed by atoms with E-state index < -0.39 is 5.76 Å². The van der Waals surface area contributed by atoms with Gasteiger partial charge in [-0.15, -0.1) is 0 Å². The lowest BCUT2D eigenvalue weighted by atomic mass is 9.99. The minimum absolute atomic E-state index is 0.0729. The first-order valence-electron chi connectivity index (χ1n) is 10.9. The van der Waals surface area contributed by atoms with Crippen LogP contribution in [0.2, 0.25) is 5.15 Å². The fourth-order valence-electron chi connectivity index (χ4n) is 4.18. The molecule has 1 aromatic carbocycles. The predicted molar refractivity (Wildman–Crippen MR) is 134 cm³/mol. The number of nitrogens with one attached hydrogen (secondary N) is 2. The first-order valence-corrected chi connectivity index (χ1v) is 11.3. The molecule has 0 unspecified atom stereocenters. The van der Waals surface area contributed by atoms with Gasteiger partial charge in [0, 0.05) is 36.1 Å². The van der Waals surface area contributed by atoms with E-state index in [1.54, 1.807) is 19.1 Å². The van der Waals surface area contributed by atoms with Crippen LogP contribution in [0.5, 0.6) is 0 Å². The Morgan fingerprint density at radius 1 is 1.17 bits per heavy atom. The van der Waals surface area contributed by atoms with Gasteiger partial charge in [0.2, 0.25) is 5.82 Å². The third kappa shape index (κ3) is 4.15. The molecule has 9 nitrogen and oxygen atoms in total. The number of aryl methyl sites for hydroxylation is 2. The number of fused-ring (bicyclic) bond motifs is 1. The van der Waals surface area contributed by atoms with E-state index in [0.717, 1.165) is 16.7 Å². The number of aromatic nitrogens is 4. The Morgan fingerprint density at radius 3 is 2.66 bits per heavy atom. The monoisotopic (exact) mass is 491 g/mol. The fraction of sp³-hybridized carbons (Fsp3) is 0.200. The number of hydrogen-bond acceptors (Lipinski definition) is 7. The molecular weight excluding hydrogens is 470 g/mol. The second-order valence-corrected chi connectivity index (χ2v) is 8.91. The van der Waals surface area contributed by atoms with E-state index in [0.29, 0.717) is 33.7 Å². The summed E-state index contributed by atoms with van der Waals surface area (Å²) in [6.07, 6.45) is 3.82. The minimum atomic E-state index is -0.698. The molecule has 4 aromatic heterocycles. The normalized spacial score (nSPS) is 12.3. The molecule has 0 fully saturated rings. The van der Waals surface area contributed by atoms with Gasteiger partial charge in [0.05, 0.1) is 17.1 Å². The number of pyridine rings is 1. The third-order valence-corrected chi connectivity index (χ3v) is 6.06. The van der Waals surface area contributed by atoms with Crippen LogP contribution in [0.25, 0.3) is 33.8 Å². The van der Waals surface area contributed by atoms with E-state index in [1.807, 2.05) is 56.1 Å². The minimum Gasteiger partial charge on any atom is -0.455 e. The molecule has 35 heavy (non-hydrogen) atoms. The first kappa shape index (κ1) is 22.7. The number of benzene rings is 1. The highest BCUT2D eigenvalue weighted by Crippen LogP contribution is 2.34. The van der Waals surface area contributed by atoms with Crippen LogP contribution in [0.4, 0.5) is 5.69 Å². The molecule has 0 bridgehead atoms. The van der Waals surface area contributed by atoms with E-state index in [2.05, 4.69) is 25.0 Å². The highest BCUT2D eigenvalue weighted by atomic mass is 35.5. The Hall–Kier alpha value is -4.11. The number of aromatic amines is 1. The van der Waals surface area contributed by atoms with Crippen molar-refractivity contribution in [3.63, 3.8) is 0 Å². The Labute approximate surface area is 204 Å². The van der Waals surface area contributed by atoms with Crippen molar-refractivity contribution in [2.24, 2.45) is 7.05 Å². The van der Waals surface area contributed by atoms with Crippen LogP contribution in [0.1, 0.15) is 29.7 Å². The van der Waals surface area contributed by atoms with Crippen LogP contribution in [-0.2, 0) is 7.05 Å². The first-order chi connectivity index (χ1) is 16.7. The summed E-state index contributed by atoms with van der Waals surface area (Å²) >= 11 is 6.09. The molecule has 0 radical (unpaired) electrons. The van der Waals surface area contributed by atoms with E-state index >= 15 is 0 Å². The third-order valence-electron chi connectivity index (χ3n) is 5.85. The molecule has 5 aromatic rings. The summed E-state index contributed by atoms with van der Waals surface area (Å²) < 4.78 is 12.9. The molecule has 0 aliphatic rings. The average Bonchev–Trinajstić information content (AvgIpc) is 3.45. The maximum absolute atomic E-state index is 13.3. The van der Waals surface area contributed by atoms with Crippen molar-refractivity contribution in [2.45, 2.75) is 26.8 Å². The zero-order chi connectivity index (χ0) is 24.9. The molecule has 0 aliphatic carbocycles. The lowest BCUT2D eigenvalue weighted by Gasteiger charge is -2.19. The Balaban J connectivity index is 1.64. The molecule has 0 saturated carbocycles. The lowest BCUT2D eigenvalue weighted by molar-refractivity contribution is 0.388. The van der Waals surface area contributed by atoms with Gasteiger partial charge in [0.15, 0.2) is 5.43 Å². The summed E-state index contributed by atoms with van der Waals surface area (Å²) in [4.78, 5) is 31.6. The van der Waals surface area contributed by atoms with Crippen molar-refractivity contribution >= 4 is 28.3 Å². The fourth-order valence-corrected chi connectivity index (χ4v) is 4.32. The van der Waals surface area contributed by atoms with E-state index in [4.69, 9.17) is 16.0 Å². The van der Waals surface area contributed by atoms with E-state index in [-0.39, 0.29) is 22.4 Å². The standard InChI is InChI=1S/C25H22ClN5O4/c1-12-9-16(14(3)27-18-5-6-19(26)28-20(18)24-29-25(33)35-30-24)23-17(10-12)21(32)13(2)22(34-23)15-7-8-31(4)11-15/h5-11,14,27H,1-4H3,(H,29,30,33)/t14-/m1/s1. The van der Waals surface area contributed by atoms with Gasteiger partial charge in [0.1, 0.15) is 22.2 Å². The molecule has 178 valence electrons. The molecule has 10 heteroatoms. The van der Waals surface area contributed by atoms with Gasteiger partial charge in [-0.1, -0.05) is 22.8 Å². The Kier molecular flexibility index (Phi) is 5.56. The number of rotatable bonds is 5. The summed E-state index contributed by atoms with van der Waals surface area (Å²) in [6, 6.07) is 8.79. The Morgan fingerprint density at radius 2 is 1.97 bits per heavy atom. The number of hydrogen-bond donors (Lipinski definition) is 2. The van der Waals surface area contributed by atoms with Crippen LogP contribution in [-0.4, -0.2) is 19.7 Å². The molecular formula is C25H22ClN5O4. The molecule has 0 spiro atoms. The van der Waals surface area contributed by atoms with Gasteiger partial charge in [-0.3, -0.25) is 14.3 Å². The average molecular weight is 492 g/mol. The van der Waals surface area contributed by atoms with Crippen molar-refractivity contribution in [3.05, 3.63) is 85.3 Å². The lowest BCUT2D eigenvalue weighted by Crippen LogP contribution is -2.13. The highest BCUT2D eigenvalue weighted by Gasteiger charge is 2.21. The molecule has 0 aliphatic heterocycles. The van der Waals surface area contributed by atoms with Crippen molar-refractivity contribution in [2.75, 3.05) is 5.32 Å². The second-order valence-electron chi connectivity index (χ2n) is 8.52. The summed E-state index contributed by atoms with van der Waals surface area (Å²) in [5, 5.41) is 7.87. The predicted octanol–water partition coefficient (Wildman–Crippen LogP) is 4.98. The molecule has 0 saturated heterocycles.